The highest BCUT2D eigenvalue weighted by Crippen LogP contribution is 2.23. The fourth-order valence-corrected chi connectivity index (χ4v) is 2.24. The lowest BCUT2D eigenvalue weighted by molar-refractivity contribution is 0.391. The maximum absolute atomic E-state index is 5.22. The summed E-state index contributed by atoms with van der Waals surface area (Å²) in [6, 6.07) is 0. The second kappa shape index (κ2) is 8.61. The molecule has 0 aliphatic carbocycles. The Morgan fingerprint density at radius 2 is 2.05 bits per heavy atom. The molecular formula is C15H28N4O. The van der Waals surface area contributed by atoms with Gasteiger partial charge in [-0.25, -0.2) is 0 Å². The summed E-state index contributed by atoms with van der Waals surface area (Å²) in [6.07, 6.45) is 2.34. The number of aromatic nitrogens is 1. The van der Waals surface area contributed by atoms with Gasteiger partial charge in [-0.2, -0.15) is 0 Å². The summed E-state index contributed by atoms with van der Waals surface area (Å²) in [7, 11) is 0. The molecule has 1 aromatic heterocycles. The Morgan fingerprint density at radius 3 is 2.60 bits per heavy atom. The van der Waals surface area contributed by atoms with Crippen molar-refractivity contribution >= 4 is 5.96 Å². The lowest BCUT2D eigenvalue weighted by Crippen LogP contribution is -2.38. The van der Waals surface area contributed by atoms with Crippen molar-refractivity contribution in [1.29, 1.82) is 0 Å². The number of guanidine groups is 1. The Kier molecular flexibility index (Phi) is 7.12. The third-order valence-corrected chi connectivity index (χ3v) is 3.27. The Bertz CT molecular complexity index is 406. The molecule has 0 saturated heterocycles. The van der Waals surface area contributed by atoms with Gasteiger partial charge in [0.2, 0.25) is 0 Å². The van der Waals surface area contributed by atoms with E-state index in [-0.39, 0.29) is 0 Å². The van der Waals surface area contributed by atoms with E-state index >= 15 is 0 Å². The first-order chi connectivity index (χ1) is 9.60. The first-order valence-electron chi connectivity index (χ1n) is 7.55. The molecule has 1 unspecified atom stereocenters. The van der Waals surface area contributed by atoms with Gasteiger partial charge in [0.1, 0.15) is 5.76 Å². The fourth-order valence-electron chi connectivity index (χ4n) is 2.24. The molecule has 0 radical (unpaired) electrons. The van der Waals surface area contributed by atoms with E-state index in [4.69, 9.17) is 4.52 Å². The predicted molar refractivity (Wildman–Crippen MR) is 83.3 cm³/mol. The highest BCUT2D eigenvalue weighted by Gasteiger charge is 2.16. The van der Waals surface area contributed by atoms with Gasteiger partial charge < -0.3 is 15.2 Å². The average Bonchev–Trinajstić information content (AvgIpc) is 2.75. The van der Waals surface area contributed by atoms with Crippen molar-refractivity contribution in [3.05, 3.63) is 17.0 Å². The molecule has 0 bridgehead atoms. The predicted octanol–water partition coefficient (Wildman–Crippen LogP) is 2.75. The van der Waals surface area contributed by atoms with E-state index in [1.165, 1.54) is 12.0 Å². The number of nitrogens with zero attached hydrogens (tertiary/aromatic N) is 2. The largest absolute Gasteiger partial charge is 0.361 e. The van der Waals surface area contributed by atoms with Crippen molar-refractivity contribution in [2.45, 2.75) is 53.4 Å². The zero-order valence-corrected chi connectivity index (χ0v) is 13.4. The second-order valence-corrected chi connectivity index (χ2v) is 5.14. The third kappa shape index (κ3) is 4.87. The molecule has 1 rings (SSSR count). The smallest absolute Gasteiger partial charge is 0.191 e. The first kappa shape index (κ1) is 16.5. The number of unbranched alkanes of at least 4 members (excludes halogenated alkanes) is 1. The van der Waals surface area contributed by atoms with E-state index in [0.717, 1.165) is 43.5 Å². The summed E-state index contributed by atoms with van der Waals surface area (Å²) in [5.41, 5.74) is 2.15. The first-order valence-corrected chi connectivity index (χ1v) is 7.55. The summed E-state index contributed by atoms with van der Waals surface area (Å²) in [4.78, 5) is 4.65. The number of rotatable bonds is 7. The molecule has 5 heteroatoms. The number of hydrogen-bond acceptors (Lipinski definition) is 3. The van der Waals surface area contributed by atoms with E-state index in [2.05, 4.69) is 41.6 Å². The van der Waals surface area contributed by atoms with Gasteiger partial charge in [0.15, 0.2) is 5.96 Å². The van der Waals surface area contributed by atoms with Crippen LogP contribution in [0, 0.1) is 13.8 Å². The van der Waals surface area contributed by atoms with Gasteiger partial charge in [-0.3, -0.25) is 4.99 Å². The third-order valence-electron chi connectivity index (χ3n) is 3.27. The summed E-state index contributed by atoms with van der Waals surface area (Å²) < 4.78 is 5.22. The number of nitrogens with one attached hydrogen (secondary N) is 2. The van der Waals surface area contributed by atoms with Crippen molar-refractivity contribution in [3.63, 3.8) is 0 Å². The topological polar surface area (TPSA) is 62.5 Å². The van der Waals surface area contributed by atoms with Crippen LogP contribution in [-0.4, -0.2) is 30.8 Å². The Hall–Kier alpha value is -1.52. The van der Waals surface area contributed by atoms with Gasteiger partial charge in [0.25, 0.3) is 0 Å². The lowest BCUT2D eigenvalue weighted by atomic mass is 10.00. The molecule has 0 spiro atoms. The van der Waals surface area contributed by atoms with Crippen LogP contribution in [-0.2, 0) is 0 Å². The molecule has 0 aliphatic heterocycles. The highest BCUT2D eigenvalue weighted by molar-refractivity contribution is 5.79. The van der Waals surface area contributed by atoms with Crippen molar-refractivity contribution in [2.24, 2.45) is 4.99 Å². The number of hydrogen-bond donors (Lipinski definition) is 2. The standard InChI is InChI=1S/C15H28N4O/c1-6-8-9-17-15(16-7-2)18-10-11(3)14-12(4)19-20-13(14)5/h11H,6-10H2,1-5H3,(H2,16,17,18). The molecular weight excluding hydrogens is 252 g/mol. The molecule has 0 aromatic carbocycles. The minimum atomic E-state index is 0.308. The molecule has 114 valence electrons. The minimum absolute atomic E-state index is 0.308. The van der Waals surface area contributed by atoms with Crippen LogP contribution in [0.4, 0.5) is 0 Å². The van der Waals surface area contributed by atoms with Crippen LogP contribution < -0.4 is 10.6 Å². The maximum Gasteiger partial charge on any atom is 0.191 e. The van der Waals surface area contributed by atoms with E-state index < -0.39 is 0 Å². The van der Waals surface area contributed by atoms with Crippen LogP contribution >= 0.6 is 0 Å². The normalized spacial score (nSPS) is 13.3. The van der Waals surface area contributed by atoms with Gasteiger partial charge in [0.05, 0.1) is 5.69 Å². The Balaban J connectivity index is 2.61. The van der Waals surface area contributed by atoms with Gasteiger partial charge >= 0.3 is 0 Å². The minimum Gasteiger partial charge on any atom is -0.361 e. The van der Waals surface area contributed by atoms with E-state index in [0.29, 0.717) is 5.92 Å². The quantitative estimate of drug-likeness (QED) is 0.458. The molecule has 2 N–H and O–H groups in total. The molecule has 0 saturated carbocycles. The monoisotopic (exact) mass is 280 g/mol. The Morgan fingerprint density at radius 1 is 1.30 bits per heavy atom. The SMILES string of the molecule is CCCCNC(=NCC(C)c1c(C)noc1C)NCC. The molecule has 0 aliphatic rings. The molecule has 1 aromatic rings. The summed E-state index contributed by atoms with van der Waals surface area (Å²) >= 11 is 0. The zero-order chi connectivity index (χ0) is 15.0. The van der Waals surface area contributed by atoms with Crippen molar-refractivity contribution < 1.29 is 4.52 Å². The van der Waals surface area contributed by atoms with Crippen LogP contribution in [0.25, 0.3) is 0 Å². The van der Waals surface area contributed by atoms with Gasteiger partial charge in [0, 0.05) is 31.1 Å². The Labute approximate surface area is 122 Å². The van der Waals surface area contributed by atoms with Crippen molar-refractivity contribution in [2.75, 3.05) is 19.6 Å². The van der Waals surface area contributed by atoms with Crippen LogP contribution in [0.1, 0.15) is 56.5 Å². The van der Waals surface area contributed by atoms with Gasteiger partial charge in [-0.05, 0) is 27.2 Å². The second-order valence-electron chi connectivity index (χ2n) is 5.14. The van der Waals surface area contributed by atoms with Crippen LogP contribution in [0.15, 0.2) is 9.52 Å². The molecule has 20 heavy (non-hydrogen) atoms. The van der Waals surface area contributed by atoms with E-state index in [1.807, 2.05) is 13.8 Å². The summed E-state index contributed by atoms with van der Waals surface area (Å²) in [5, 5.41) is 10.6. The van der Waals surface area contributed by atoms with Gasteiger partial charge in [-0.15, -0.1) is 0 Å². The van der Waals surface area contributed by atoms with Crippen molar-refractivity contribution in [3.8, 4) is 0 Å². The van der Waals surface area contributed by atoms with Crippen LogP contribution in [0.5, 0.6) is 0 Å². The zero-order valence-electron chi connectivity index (χ0n) is 13.4. The highest BCUT2D eigenvalue weighted by atomic mass is 16.5. The van der Waals surface area contributed by atoms with E-state index in [1.54, 1.807) is 0 Å². The molecule has 1 heterocycles. The van der Waals surface area contributed by atoms with Crippen molar-refractivity contribution in [1.82, 2.24) is 15.8 Å². The number of aryl methyl sites for hydroxylation is 2. The van der Waals surface area contributed by atoms with Gasteiger partial charge in [-0.1, -0.05) is 25.4 Å². The molecule has 1 atom stereocenters. The average molecular weight is 280 g/mol. The van der Waals surface area contributed by atoms with Crippen LogP contribution in [0.2, 0.25) is 0 Å². The van der Waals surface area contributed by atoms with Crippen LogP contribution in [0.3, 0.4) is 0 Å². The maximum atomic E-state index is 5.22. The summed E-state index contributed by atoms with van der Waals surface area (Å²) in [6.45, 7) is 12.9. The molecule has 0 amide bonds. The summed E-state index contributed by atoms with van der Waals surface area (Å²) in [5.74, 6) is 2.09. The number of aliphatic imine (C=N–C) groups is 1. The molecule has 0 fully saturated rings. The fraction of sp³-hybridized carbons (Fsp3) is 0.733. The lowest BCUT2D eigenvalue weighted by Gasteiger charge is -2.13. The van der Waals surface area contributed by atoms with E-state index in [9.17, 15) is 0 Å². The molecule has 5 nitrogen and oxygen atoms in total.